The lowest BCUT2D eigenvalue weighted by molar-refractivity contribution is -0.141. The van der Waals surface area contributed by atoms with E-state index in [4.69, 9.17) is 9.47 Å². The molecular formula is C20H17NO6. The highest BCUT2D eigenvalue weighted by Crippen LogP contribution is 2.21. The number of benzene rings is 2. The lowest BCUT2D eigenvalue weighted by Gasteiger charge is -2.09. The van der Waals surface area contributed by atoms with Crippen LogP contribution < -0.4 is 5.32 Å². The average Bonchev–Trinajstić information content (AvgIpc) is 3.06. The molecule has 1 N–H and O–H groups in total. The molecule has 7 nitrogen and oxygen atoms in total. The number of rotatable bonds is 6. The average molecular weight is 367 g/mol. The monoisotopic (exact) mass is 367 g/mol. The highest BCUT2D eigenvalue weighted by Gasteiger charge is 2.32. The van der Waals surface area contributed by atoms with Gasteiger partial charge in [-0.1, -0.05) is 30.3 Å². The maximum atomic E-state index is 12.4. The van der Waals surface area contributed by atoms with Crippen molar-refractivity contribution in [2.24, 2.45) is 0 Å². The fourth-order valence-corrected chi connectivity index (χ4v) is 2.44. The summed E-state index contributed by atoms with van der Waals surface area (Å²) < 4.78 is 15.1. The Morgan fingerprint density at radius 3 is 2.41 bits per heavy atom. The highest BCUT2D eigenvalue weighted by molar-refractivity contribution is 6.19. The van der Waals surface area contributed by atoms with Gasteiger partial charge in [-0.25, -0.2) is 9.59 Å². The van der Waals surface area contributed by atoms with Gasteiger partial charge in [0.05, 0.1) is 12.7 Å². The van der Waals surface area contributed by atoms with Gasteiger partial charge in [-0.2, -0.15) is 0 Å². The molecule has 0 fully saturated rings. The van der Waals surface area contributed by atoms with Gasteiger partial charge >= 0.3 is 11.9 Å². The van der Waals surface area contributed by atoms with Gasteiger partial charge in [0.1, 0.15) is 6.61 Å². The van der Waals surface area contributed by atoms with E-state index in [1.165, 1.54) is 7.11 Å². The standard InChI is InChI=1S/C20H17NO6/c1-25-19(23)14-9-7-13(8-10-14)11-27-20(24)17-16(22)12-26-18(17)21-15-5-3-2-4-6-15/h2-10,21H,11-12H2,1H3. The first-order valence-electron chi connectivity index (χ1n) is 8.15. The molecule has 0 bridgehead atoms. The van der Waals surface area contributed by atoms with Gasteiger partial charge in [0.15, 0.2) is 12.2 Å². The number of hydrogen-bond acceptors (Lipinski definition) is 7. The number of anilines is 1. The minimum atomic E-state index is -0.770. The summed E-state index contributed by atoms with van der Waals surface area (Å²) in [5.41, 5.74) is 1.60. The minimum Gasteiger partial charge on any atom is -0.470 e. The van der Waals surface area contributed by atoms with Gasteiger partial charge < -0.3 is 19.5 Å². The predicted molar refractivity (Wildman–Crippen MR) is 95.6 cm³/mol. The van der Waals surface area contributed by atoms with E-state index in [0.29, 0.717) is 16.8 Å². The molecule has 1 aliphatic heterocycles. The van der Waals surface area contributed by atoms with Crippen molar-refractivity contribution in [3.05, 3.63) is 77.2 Å². The molecule has 7 heteroatoms. The van der Waals surface area contributed by atoms with Crippen LogP contribution >= 0.6 is 0 Å². The van der Waals surface area contributed by atoms with Crippen LogP contribution in [0.2, 0.25) is 0 Å². The lowest BCUT2D eigenvalue weighted by atomic mass is 10.1. The number of esters is 2. The maximum Gasteiger partial charge on any atom is 0.347 e. The third-order valence-corrected chi connectivity index (χ3v) is 3.83. The Hall–Kier alpha value is -3.61. The third kappa shape index (κ3) is 4.33. The number of methoxy groups -OCH3 is 1. The third-order valence-electron chi connectivity index (χ3n) is 3.83. The molecule has 0 atom stereocenters. The van der Waals surface area contributed by atoms with Crippen LogP contribution in [0.25, 0.3) is 0 Å². The first kappa shape index (κ1) is 18.2. The number of para-hydroxylation sites is 1. The summed E-state index contributed by atoms with van der Waals surface area (Å²) >= 11 is 0. The van der Waals surface area contributed by atoms with Crippen molar-refractivity contribution < 1.29 is 28.6 Å². The summed E-state index contributed by atoms with van der Waals surface area (Å²) in [6.45, 7) is -0.261. The number of nitrogens with one attached hydrogen (secondary N) is 1. The summed E-state index contributed by atoms with van der Waals surface area (Å²) in [6.07, 6.45) is 0. The minimum absolute atomic E-state index is 0.0459. The highest BCUT2D eigenvalue weighted by atomic mass is 16.5. The molecule has 2 aromatic carbocycles. The SMILES string of the molecule is COC(=O)c1ccc(COC(=O)C2=C(Nc3ccccc3)OCC2=O)cc1. The van der Waals surface area contributed by atoms with Crippen LogP contribution in [-0.4, -0.2) is 31.4 Å². The van der Waals surface area contributed by atoms with E-state index < -0.39 is 17.7 Å². The molecule has 0 amide bonds. The summed E-state index contributed by atoms with van der Waals surface area (Å²) in [6, 6.07) is 15.5. The fraction of sp³-hybridized carbons (Fsp3) is 0.150. The fourth-order valence-electron chi connectivity index (χ4n) is 2.44. The van der Waals surface area contributed by atoms with Crippen molar-refractivity contribution in [2.45, 2.75) is 6.61 Å². The molecule has 0 radical (unpaired) electrons. The van der Waals surface area contributed by atoms with Crippen molar-refractivity contribution in [2.75, 3.05) is 19.0 Å². The molecular weight excluding hydrogens is 350 g/mol. The van der Waals surface area contributed by atoms with Gasteiger partial charge in [-0.05, 0) is 29.8 Å². The number of hydrogen-bond donors (Lipinski definition) is 1. The van der Waals surface area contributed by atoms with Crippen molar-refractivity contribution in [3.8, 4) is 0 Å². The Morgan fingerprint density at radius 2 is 1.74 bits per heavy atom. The van der Waals surface area contributed by atoms with Crippen LogP contribution in [0.3, 0.4) is 0 Å². The van der Waals surface area contributed by atoms with Crippen molar-refractivity contribution in [1.29, 1.82) is 0 Å². The van der Waals surface area contributed by atoms with E-state index >= 15 is 0 Å². The first-order chi connectivity index (χ1) is 13.1. The van der Waals surface area contributed by atoms with Crippen molar-refractivity contribution >= 4 is 23.4 Å². The largest absolute Gasteiger partial charge is 0.470 e. The molecule has 0 spiro atoms. The zero-order valence-corrected chi connectivity index (χ0v) is 14.6. The molecule has 0 saturated carbocycles. The van der Waals surface area contributed by atoms with Gasteiger partial charge in [0.2, 0.25) is 11.7 Å². The van der Waals surface area contributed by atoms with Gasteiger partial charge in [0, 0.05) is 5.69 Å². The Kier molecular flexibility index (Phi) is 5.51. The predicted octanol–water partition coefficient (Wildman–Crippen LogP) is 2.44. The molecule has 27 heavy (non-hydrogen) atoms. The smallest absolute Gasteiger partial charge is 0.347 e. The second-order valence-corrected chi connectivity index (χ2v) is 5.67. The van der Waals surface area contributed by atoms with Crippen molar-refractivity contribution in [3.63, 3.8) is 0 Å². The van der Waals surface area contributed by atoms with Crippen LogP contribution in [0.5, 0.6) is 0 Å². The molecule has 0 aliphatic carbocycles. The van der Waals surface area contributed by atoms with Crippen LogP contribution in [0, 0.1) is 0 Å². The van der Waals surface area contributed by atoms with Gasteiger partial charge in [0.25, 0.3) is 0 Å². The second-order valence-electron chi connectivity index (χ2n) is 5.67. The van der Waals surface area contributed by atoms with Gasteiger partial charge in [-0.15, -0.1) is 0 Å². The molecule has 1 heterocycles. The van der Waals surface area contributed by atoms with E-state index in [2.05, 4.69) is 10.1 Å². The molecule has 0 unspecified atom stereocenters. The van der Waals surface area contributed by atoms with Gasteiger partial charge in [-0.3, -0.25) is 4.79 Å². The van der Waals surface area contributed by atoms with Crippen molar-refractivity contribution in [1.82, 2.24) is 0 Å². The Morgan fingerprint density at radius 1 is 1.04 bits per heavy atom. The molecule has 3 rings (SSSR count). The topological polar surface area (TPSA) is 90.9 Å². The Balaban J connectivity index is 1.67. The first-order valence-corrected chi connectivity index (χ1v) is 8.15. The molecule has 2 aromatic rings. The number of carbonyl (C=O) groups excluding carboxylic acids is 3. The zero-order chi connectivity index (χ0) is 19.2. The molecule has 0 aromatic heterocycles. The van der Waals surface area contributed by atoms with E-state index in [1.807, 2.05) is 18.2 Å². The lowest BCUT2D eigenvalue weighted by Crippen LogP contribution is -2.16. The summed E-state index contributed by atoms with van der Waals surface area (Å²) in [5.74, 6) is -1.58. The van der Waals surface area contributed by atoms with Crippen LogP contribution in [0.15, 0.2) is 66.1 Å². The van der Waals surface area contributed by atoms with E-state index in [0.717, 1.165) is 0 Å². The summed E-state index contributed by atoms with van der Waals surface area (Å²) in [4.78, 5) is 35.8. The van der Waals surface area contributed by atoms with E-state index in [1.54, 1.807) is 36.4 Å². The zero-order valence-electron chi connectivity index (χ0n) is 14.6. The quantitative estimate of drug-likeness (QED) is 0.619. The van der Waals surface area contributed by atoms with Crippen LogP contribution in [0.1, 0.15) is 15.9 Å². The molecule has 1 aliphatic rings. The Labute approximate surface area is 155 Å². The second kappa shape index (κ2) is 8.18. The number of ketones is 1. The Bertz CT molecular complexity index is 886. The maximum absolute atomic E-state index is 12.4. The molecule has 0 saturated heterocycles. The number of carbonyl (C=O) groups is 3. The summed E-state index contributed by atoms with van der Waals surface area (Å²) in [5, 5.41) is 2.91. The molecule has 138 valence electrons. The van der Waals surface area contributed by atoms with Crippen LogP contribution in [-0.2, 0) is 30.4 Å². The van der Waals surface area contributed by atoms with Crippen LogP contribution in [0.4, 0.5) is 5.69 Å². The normalized spacial score (nSPS) is 13.1. The summed E-state index contributed by atoms with van der Waals surface area (Å²) in [7, 11) is 1.30. The number of Topliss-reactive ketones (excluding diaryl/α,β-unsaturated/α-hetero) is 1. The number of ether oxygens (including phenoxy) is 3. The van der Waals surface area contributed by atoms with E-state index in [-0.39, 0.29) is 24.7 Å². The van der Waals surface area contributed by atoms with E-state index in [9.17, 15) is 14.4 Å².